The van der Waals surface area contributed by atoms with E-state index in [1.807, 2.05) is 20.8 Å². The first kappa shape index (κ1) is 13.1. The van der Waals surface area contributed by atoms with Crippen LogP contribution >= 0.6 is 0 Å². The number of hydrogen-bond acceptors (Lipinski definition) is 2. The quantitative estimate of drug-likeness (QED) is 0.373. The van der Waals surface area contributed by atoms with E-state index in [1.165, 1.54) is 0 Å². The predicted molar refractivity (Wildman–Crippen MR) is 37.2 cm³/mol. The van der Waals surface area contributed by atoms with Crippen molar-refractivity contribution >= 4 is 5.97 Å². The second kappa shape index (κ2) is 7.58. The van der Waals surface area contributed by atoms with Gasteiger partial charge in [0.15, 0.2) is 0 Å². The number of ether oxygens (including phenoxy) is 1. The minimum absolute atomic E-state index is 0. The zero-order valence-corrected chi connectivity index (χ0v) is 9.31. The van der Waals surface area contributed by atoms with E-state index in [1.54, 1.807) is 0 Å². The smallest absolute Gasteiger partial charge is 1.00 e. The van der Waals surface area contributed by atoms with Crippen molar-refractivity contribution in [3.63, 3.8) is 0 Å². The summed E-state index contributed by atoms with van der Waals surface area (Å²) in [5.41, 5.74) is 0. The predicted octanol–water partition coefficient (Wildman–Crippen LogP) is -1.29. The van der Waals surface area contributed by atoms with Gasteiger partial charge in [0.2, 0.25) is 0 Å². The molecule has 0 rings (SSSR count). The molecule has 3 heteroatoms. The monoisotopic (exact) mass is 154 g/mol. The van der Waals surface area contributed by atoms with Gasteiger partial charge in [-0.2, -0.15) is 0 Å². The zero-order chi connectivity index (χ0) is 7.28. The van der Waals surface area contributed by atoms with Crippen LogP contribution in [-0.4, -0.2) is 12.6 Å². The number of carbonyl (C=O) groups excluding carboxylic acids is 1. The molecule has 10 heavy (non-hydrogen) atoms. The van der Waals surface area contributed by atoms with E-state index in [0.29, 0.717) is 6.61 Å². The average molecular weight is 154 g/mol. The van der Waals surface area contributed by atoms with Crippen molar-refractivity contribution in [2.45, 2.75) is 27.2 Å². The second-order valence-corrected chi connectivity index (χ2v) is 2.06. The molecule has 0 saturated heterocycles. The van der Waals surface area contributed by atoms with E-state index in [4.69, 9.17) is 4.74 Å². The van der Waals surface area contributed by atoms with Gasteiger partial charge in [0, 0.05) is 0 Å². The fraction of sp³-hybridized carbons (Fsp3) is 0.857. The summed E-state index contributed by atoms with van der Waals surface area (Å²) < 4.78 is 4.76. The normalized spacial score (nSPS) is 11.5. The summed E-state index contributed by atoms with van der Waals surface area (Å²) >= 11 is 0. The first-order valence-electron chi connectivity index (χ1n) is 3.39. The van der Waals surface area contributed by atoms with Gasteiger partial charge in [-0.15, -0.1) is 0 Å². The minimum Gasteiger partial charge on any atom is -1.00 e. The summed E-state index contributed by atoms with van der Waals surface area (Å²) in [6.45, 7) is 6.16. The molecule has 1 atom stereocenters. The van der Waals surface area contributed by atoms with Crippen molar-refractivity contribution < 1.29 is 40.5 Å². The molecule has 0 saturated carbocycles. The van der Waals surface area contributed by atoms with E-state index in [-0.39, 0.29) is 42.9 Å². The van der Waals surface area contributed by atoms with Crippen LogP contribution in [0.2, 0.25) is 0 Å². The second-order valence-electron chi connectivity index (χ2n) is 2.06. The van der Waals surface area contributed by atoms with Gasteiger partial charge in [-0.1, -0.05) is 13.8 Å². The van der Waals surface area contributed by atoms with Gasteiger partial charge in [0.25, 0.3) is 0 Å². The summed E-state index contributed by atoms with van der Waals surface area (Å²) in [6.07, 6.45) is 0.860. The summed E-state index contributed by atoms with van der Waals surface area (Å²) in [7, 11) is 0. The molecule has 0 heterocycles. The van der Waals surface area contributed by atoms with Gasteiger partial charge in [-0.3, -0.25) is 4.79 Å². The molecule has 0 aromatic carbocycles. The number of carbonyl (C=O) groups is 1. The fourth-order valence-corrected chi connectivity index (χ4v) is 0.451. The van der Waals surface area contributed by atoms with Crippen molar-refractivity contribution in [3.05, 3.63) is 0 Å². The first-order valence-corrected chi connectivity index (χ1v) is 3.39. The molecule has 0 amide bonds. The van der Waals surface area contributed by atoms with Gasteiger partial charge >= 0.3 is 35.5 Å². The van der Waals surface area contributed by atoms with Gasteiger partial charge in [0.05, 0.1) is 12.5 Å². The van der Waals surface area contributed by atoms with Crippen LogP contribution < -0.4 is 29.6 Å². The molecule has 56 valence electrons. The number of esters is 1. The van der Waals surface area contributed by atoms with Crippen LogP contribution in [0.1, 0.15) is 28.6 Å². The Bertz CT molecular complexity index is 98.4. The SMILES string of the molecule is CCOC(=O)[C@H](C)CC.[H-].[Na+]. The summed E-state index contributed by atoms with van der Waals surface area (Å²) in [4.78, 5) is 10.8. The maximum absolute atomic E-state index is 10.8. The molecule has 0 fully saturated rings. The van der Waals surface area contributed by atoms with Crippen molar-refractivity contribution in [1.82, 2.24) is 0 Å². The Balaban J connectivity index is -0.000000320. The number of rotatable bonds is 3. The molecule has 0 bridgehead atoms. The molecule has 0 N–H and O–H groups in total. The van der Waals surface area contributed by atoms with E-state index in [2.05, 4.69) is 0 Å². The van der Waals surface area contributed by atoms with Gasteiger partial charge in [0.1, 0.15) is 0 Å². The fourth-order valence-electron chi connectivity index (χ4n) is 0.451. The van der Waals surface area contributed by atoms with E-state index >= 15 is 0 Å². The molecule has 0 unspecified atom stereocenters. The third kappa shape index (κ3) is 5.27. The van der Waals surface area contributed by atoms with Crippen LogP contribution in [0.15, 0.2) is 0 Å². The molecule has 0 radical (unpaired) electrons. The molecule has 0 aliphatic carbocycles. The van der Waals surface area contributed by atoms with Crippen LogP contribution in [0.5, 0.6) is 0 Å². The molecule has 2 nitrogen and oxygen atoms in total. The molecular formula is C7H15NaO2. The summed E-state index contributed by atoms with van der Waals surface area (Å²) in [5.74, 6) is -0.0232. The van der Waals surface area contributed by atoms with Crippen LogP contribution in [0.4, 0.5) is 0 Å². The van der Waals surface area contributed by atoms with Crippen molar-refractivity contribution in [3.8, 4) is 0 Å². The Labute approximate surface area is 86.1 Å². The van der Waals surface area contributed by atoms with Gasteiger partial charge < -0.3 is 6.16 Å². The Morgan fingerprint density at radius 2 is 2.10 bits per heavy atom. The molecule has 0 aliphatic rings. The Hall–Kier alpha value is 0.470. The summed E-state index contributed by atoms with van der Waals surface area (Å²) in [6, 6.07) is 0. The summed E-state index contributed by atoms with van der Waals surface area (Å²) in [5, 5.41) is 0. The van der Waals surface area contributed by atoms with Gasteiger partial charge in [-0.05, 0) is 13.3 Å². The topological polar surface area (TPSA) is 26.3 Å². The molecule has 0 spiro atoms. The minimum atomic E-state index is -0.0833. The van der Waals surface area contributed by atoms with Crippen LogP contribution in [0, 0.1) is 5.92 Å². The zero-order valence-electron chi connectivity index (χ0n) is 8.31. The molecule has 0 aromatic heterocycles. The maximum Gasteiger partial charge on any atom is 1.00 e. The molecule has 0 aliphatic heterocycles. The van der Waals surface area contributed by atoms with Crippen molar-refractivity contribution in [2.75, 3.05) is 6.61 Å². The van der Waals surface area contributed by atoms with E-state index in [9.17, 15) is 4.79 Å². The Kier molecular flexibility index (Phi) is 9.92. The third-order valence-electron chi connectivity index (χ3n) is 1.30. The van der Waals surface area contributed by atoms with E-state index in [0.717, 1.165) is 6.42 Å². The standard InChI is InChI=1S/C7H14O2.Na.H/c1-4-6(3)7(8)9-5-2;;/h6H,4-5H2,1-3H3;;/q;+1;-1/t6-;;/m1../s1. The Morgan fingerprint density at radius 1 is 1.60 bits per heavy atom. The van der Waals surface area contributed by atoms with Crippen LogP contribution in [0.3, 0.4) is 0 Å². The maximum atomic E-state index is 10.8. The largest absolute Gasteiger partial charge is 1.00 e. The van der Waals surface area contributed by atoms with Crippen molar-refractivity contribution in [2.24, 2.45) is 5.92 Å². The molecular weight excluding hydrogens is 139 g/mol. The Morgan fingerprint density at radius 3 is 2.40 bits per heavy atom. The van der Waals surface area contributed by atoms with Crippen LogP contribution in [-0.2, 0) is 9.53 Å². The number of hydrogen-bond donors (Lipinski definition) is 0. The average Bonchev–Trinajstić information content (AvgIpc) is 1.87. The third-order valence-corrected chi connectivity index (χ3v) is 1.30. The van der Waals surface area contributed by atoms with Crippen molar-refractivity contribution in [1.29, 1.82) is 0 Å². The molecule has 0 aromatic rings. The van der Waals surface area contributed by atoms with Gasteiger partial charge in [-0.25, -0.2) is 0 Å². The van der Waals surface area contributed by atoms with E-state index < -0.39 is 0 Å². The van der Waals surface area contributed by atoms with Crippen LogP contribution in [0.25, 0.3) is 0 Å². The first-order chi connectivity index (χ1) is 4.22.